The van der Waals surface area contributed by atoms with Crippen LogP contribution in [0.4, 0.5) is 0 Å². The molecule has 0 amide bonds. The van der Waals surface area contributed by atoms with Crippen molar-refractivity contribution in [1.29, 1.82) is 0 Å². The second kappa shape index (κ2) is 10.3. The fraction of sp³-hybridized carbons (Fsp3) is 0.750. The first-order valence-electron chi connectivity index (χ1n) is 7.80. The molecule has 0 aromatic carbocycles. The van der Waals surface area contributed by atoms with Gasteiger partial charge in [-0.25, -0.2) is 0 Å². The van der Waals surface area contributed by atoms with Crippen LogP contribution < -0.4 is 5.73 Å². The number of nitrogens with zero attached hydrogens (tertiary/aromatic N) is 1. The number of ether oxygens (including phenoxy) is 2. The monoisotopic (exact) mass is 314 g/mol. The van der Waals surface area contributed by atoms with Crippen LogP contribution in [0.2, 0.25) is 0 Å². The average Bonchev–Trinajstić information content (AvgIpc) is 2.85. The van der Waals surface area contributed by atoms with Crippen molar-refractivity contribution in [2.24, 2.45) is 5.73 Å². The average molecular weight is 314 g/mol. The smallest absolute Gasteiger partial charge is 0.0595 e. The minimum atomic E-state index is 0.0746. The lowest BCUT2D eigenvalue weighted by Crippen LogP contribution is -2.42. The molecule has 0 aliphatic rings. The molecular weight excluding hydrogens is 284 g/mol. The van der Waals surface area contributed by atoms with Crippen LogP contribution in [0.1, 0.15) is 37.3 Å². The Labute approximate surface area is 133 Å². The van der Waals surface area contributed by atoms with Gasteiger partial charge < -0.3 is 15.2 Å². The number of hydrogen-bond acceptors (Lipinski definition) is 5. The van der Waals surface area contributed by atoms with E-state index in [1.54, 1.807) is 11.3 Å². The third-order valence-corrected chi connectivity index (χ3v) is 4.61. The van der Waals surface area contributed by atoms with Gasteiger partial charge in [-0.1, -0.05) is 0 Å². The molecule has 0 aliphatic carbocycles. The van der Waals surface area contributed by atoms with Crippen molar-refractivity contribution in [3.63, 3.8) is 0 Å². The molecule has 0 aliphatic heterocycles. The van der Waals surface area contributed by atoms with Crippen molar-refractivity contribution >= 4 is 11.3 Å². The number of thiophene rings is 1. The molecule has 21 heavy (non-hydrogen) atoms. The largest absolute Gasteiger partial charge is 0.380 e. The summed E-state index contributed by atoms with van der Waals surface area (Å²) in [7, 11) is 0. The Bertz CT molecular complexity index is 372. The normalized spacial score (nSPS) is 14.6. The molecule has 0 saturated carbocycles. The molecule has 4 nitrogen and oxygen atoms in total. The van der Waals surface area contributed by atoms with E-state index < -0.39 is 0 Å². The summed E-state index contributed by atoms with van der Waals surface area (Å²) < 4.78 is 11.1. The van der Waals surface area contributed by atoms with E-state index in [0.717, 1.165) is 39.5 Å². The third-order valence-electron chi connectivity index (χ3n) is 3.52. The maximum absolute atomic E-state index is 6.29. The summed E-state index contributed by atoms with van der Waals surface area (Å²) in [5.41, 5.74) is 7.61. The molecule has 2 N–H and O–H groups in total. The lowest BCUT2D eigenvalue weighted by atomic mass is 10.0. The summed E-state index contributed by atoms with van der Waals surface area (Å²) in [4.78, 5) is 3.76. The summed E-state index contributed by atoms with van der Waals surface area (Å²) in [5, 5.41) is 2.14. The minimum absolute atomic E-state index is 0.0746. The highest BCUT2D eigenvalue weighted by Gasteiger charge is 2.26. The fourth-order valence-corrected chi connectivity index (χ4v) is 3.64. The van der Waals surface area contributed by atoms with E-state index in [1.165, 1.54) is 10.4 Å². The lowest BCUT2D eigenvalue weighted by Gasteiger charge is -2.34. The van der Waals surface area contributed by atoms with E-state index in [1.807, 2.05) is 13.8 Å². The van der Waals surface area contributed by atoms with Crippen LogP contribution >= 0.6 is 11.3 Å². The van der Waals surface area contributed by atoms with Gasteiger partial charge in [-0.05, 0) is 44.7 Å². The molecule has 0 radical (unpaired) electrons. The summed E-state index contributed by atoms with van der Waals surface area (Å²) >= 11 is 1.79. The predicted octanol–water partition coefficient (Wildman–Crippen LogP) is 2.82. The molecule has 0 saturated heterocycles. The predicted molar refractivity (Wildman–Crippen MR) is 90.0 cm³/mol. The Balaban J connectivity index is 2.80. The van der Waals surface area contributed by atoms with Gasteiger partial charge >= 0.3 is 0 Å². The van der Waals surface area contributed by atoms with Crippen molar-refractivity contribution in [1.82, 2.24) is 4.90 Å². The molecule has 0 spiro atoms. The lowest BCUT2D eigenvalue weighted by molar-refractivity contribution is 0.0580. The van der Waals surface area contributed by atoms with Crippen molar-refractivity contribution in [3.8, 4) is 0 Å². The Morgan fingerprint density at radius 3 is 2.14 bits per heavy atom. The third kappa shape index (κ3) is 6.04. The molecule has 1 rings (SSSR count). The van der Waals surface area contributed by atoms with Crippen LogP contribution in [0.25, 0.3) is 0 Å². The molecule has 1 aromatic heterocycles. The second-order valence-corrected chi connectivity index (χ2v) is 6.15. The summed E-state index contributed by atoms with van der Waals surface area (Å²) in [6, 6.07) is 2.47. The van der Waals surface area contributed by atoms with E-state index in [2.05, 4.69) is 30.2 Å². The van der Waals surface area contributed by atoms with Crippen LogP contribution in [-0.2, 0) is 9.47 Å². The van der Waals surface area contributed by atoms with Crippen molar-refractivity contribution in [2.45, 2.75) is 39.8 Å². The molecule has 2 unspecified atom stereocenters. The first-order valence-corrected chi connectivity index (χ1v) is 8.68. The first kappa shape index (κ1) is 18.6. The van der Waals surface area contributed by atoms with Gasteiger partial charge in [-0.15, -0.1) is 11.3 Å². The van der Waals surface area contributed by atoms with Gasteiger partial charge in [0.05, 0.1) is 19.3 Å². The molecule has 122 valence electrons. The SMILES string of the molecule is CCOCCN(CCOCC)C(c1sccc1C)C(C)N. The number of hydrogen-bond donors (Lipinski definition) is 1. The summed E-state index contributed by atoms with van der Waals surface area (Å²) in [6.45, 7) is 13.0. The van der Waals surface area contributed by atoms with Crippen molar-refractivity contribution in [2.75, 3.05) is 39.5 Å². The van der Waals surface area contributed by atoms with Crippen LogP contribution in [-0.4, -0.2) is 50.5 Å². The summed E-state index contributed by atoms with van der Waals surface area (Å²) in [6.07, 6.45) is 0. The van der Waals surface area contributed by atoms with Gasteiger partial charge in [0.15, 0.2) is 0 Å². The highest BCUT2D eigenvalue weighted by Crippen LogP contribution is 2.30. The zero-order valence-corrected chi connectivity index (χ0v) is 14.6. The Hall–Kier alpha value is -0.460. The highest BCUT2D eigenvalue weighted by atomic mass is 32.1. The molecule has 5 heteroatoms. The Morgan fingerprint density at radius 1 is 1.19 bits per heavy atom. The number of nitrogens with two attached hydrogens (primary N) is 1. The van der Waals surface area contributed by atoms with Crippen LogP contribution in [0.5, 0.6) is 0 Å². The molecular formula is C16H30N2O2S. The quantitative estimate of drug-likeness (QED) is 0.638. The molecule has 0 bridgehead atoms. The van der Waals surface area contributed by atoms with Gasteiger partial charge in [0.1, 0.15) is 0 Å². The molecule has 1 aromatic rings. The van der Waals surface area contributed by atoms with Crippen molar-refractivity contribution in [3.05, 3.63) is 21.9 Å². The van der Waals surface area contributed by atoms with Gasteiger partial charge in [-0.3, -0.25) is 4.90 Å². The number of rotatable bonds is 11. The van der Waals surface area contributed by atoms with Crippen LogP contribution in [0.3, 0.4) is 0 Å². The van der Waals surface area contributed by atoms with E-state index in [9.17, 15) is 0 Å². The van der Waals surface area contributed by atoms with E-state index in [-0.39, 0.29) is 12.1 Å². The molecule has 0 fully saturated rings. The maximum Gasteiger partial charge on any atom is 0.0595 e. The van der Waals surface area contributed by atoms with Gasteiger partial charge in [0, 0.05) is 37.2 Å². The summed E-state index contributed by atoms with van der Waals surface area (Å²) in [5.74, 6) is 0. The van der Waals surface area contributed by atoms with Gasteiger partial charge in [-0.2, -0.15) is 0 Å². The number of aryl methyl sites for hydroxylation is 1. The first-order chi connectivity index (χ1) is 10.1. The maximum atomic E-state index is 6.29. The zero-order valence-electron chi connectivity index (χ0n) is 13.8. The van der Waals surface area contributed by atoms with Crippen LogP contribution in [0.15, 0.2) is 11.4 Å². The van der Waals surface area contributed by atoms with Gasteiger partial charge in [0.2, 0.25) is 0 Å². The van der Waals surface area contributed by atoms with Crippen molar-refractivity contribution < 1.29 is 9.47 Å². The zero-order chi connectivity index (χ0) is 15.7. The van der Waals surface area contributed by atoms with E-state index >= 15 is 0 Å². The minimum Gasteiger partial charge on any atom is -0.380 e. The standard InChI is InChI=1S/C16H30N2O2S/c1-5-19-10-8-18(9-11-20-6-2)15(14(4)17)16-13(3)7-12-21-16/h7,12,14-15H,5-6,8-11,17H2,1-4H3. The second-order valence-electron chi connectivity index (χ2n) is 5.20. The van der Waals surface area contributed by atoms with Gasteiger partial charge in [0.25, 0.3) is 0 Å². The van der Waals surface area contributed by atoms with E-state index in [4.69, 9.17) is 15.2 Å². The molecule has 2 atom stereocenters. The Morgan fingerprint density at radius 2 is 1.76 bits per heavy atom. The highest BCUT2D eigenvalue weighted by molar-refractivity contribution is 7.10. The topological polar surface area (TPSA) is 47.7 Å². The van der Waals surface area contributed by atoms with E-state index in [0.29, 0.717) is 0 Å². The molecule has 1 heterocycles. The Kier molecular flexibility index (Phi) is 9.11. The fourth-order valence-electron chi connectivity index (χ4n) is 2.47. The van der Waals surface area contributed by atoms with Crippen LogP contribution in [0, 0.1) is 6.92 Å².